The van der Waals surface area contributed by atoms with Crippen molar-refractivity contribution in [2.24, 2.45) is 0 Å². The molecule has 5 nitrogen and oxygen atoms in total. The van der Waals surface area contributed by atoms with Crippen molar-refractivity contribution in [3.05, 3.63) is 66.9 Å². The van der Waals surface area contributed by atoms with Gasteiger partial charge in [0.25, 0.3) is 0 Å². The lowest BCUT2D eigenvalue weighted by Crippen LogP contribution is -2.28. The van der Waals surface area contributed by atoms with Crippen molar-refractivity contribution in [3.63, 3.8) is 0 Å². The fraction of sp³-hybridized carbons (Fsp3) is 0.211. The van der Waals surface area contributed by atoms with Crippen molar-refractivity contribution in [3.8, 4) is 16.9 Å². The Morgan fingerprint density at radius 1 is 0.840 bits per heavy atom. The van der Waals surface area contributed by atoms with Crippen molar-refractivity contribution >= 4 is 10.0 Å². The van der Waals surface area contributed by atoms with E-state index in [1.165, 1.54) is 0 Å². The van der Waals surface area contributed by atoms with Gasteiger partial charge in [-0.3, -0.25) is 0 Å². The maximum Gasteiger partial charge on any atom is 0.246 e. The van der Waals surface area contributed by atoms with E-state index in [1.807, 2.05) is 60.7 Å². The van der Waals surface area contributed by atoms with Crippen LogP contribution in [0.5, 0.6) is 0 Å². The SMILES string of the molecule is O=S(=O)(c1cn(-c2ccccc2)nc1-c1ccccc1)N1CCCC1. The number of aromatic nitrogens is 2. The highest BCUT2D eigenvalue weighted by molar-refractivity contribution is 7.89. The van der Waals surface area contributed by atoms with Gasteiger partial charge in [0.05, 0.1) is 11.9 Å². The number of benzene rings is 2. The Bertz CT molecular complexity index is 960. The second kappa shape index (κ2) is 6.46. The molecule has 1 saturated heterocycles. The minimum atomic E-state index is -3.55. The summed E-state index contributed by atoms with van der Waals surface area (Å²) in [5.74, 6) is 0. The van der Waals surface area contributed by atoms with Crippen LogP contribution in [0.4, 0.5) is 0 Å². The molecule has 0 saturated carbocycles. The molecule has 0 spiro atoms. The van der Waals surface area contributed by atoms with Crippen molar-refractivity contribution in [2.75, 3.05) is 13.1 Å². The fourth-order valence-electron chi connectivity index (χ4n) is 3.12. The predicted octanol–water partition coefficient (Wildman–Crippen LogP) is 3.32. The minimum Gasteiger partial charge on any atom is -0.239 e. The summed E-state index contributed by atoms with van der Waals surface area (Å²) >= 11 is 0. The Morgan fingerprint density at radius 3 is 2.08 bits per heavy atom. The number of rotatable bonds is 4. The zero-order chi connectivity index (χ0) is 17.3. The van der Waals surface area contributed by atoms with E-state index in [-0.39, 0.29) is 4.90 Å². The summed E-state index contributed by atoms with van der Waals surface area (Å²) in [6.07, 6.45) is 3.45. The van der Waals surface area contributed by atoms with Crippen LogP contribution in [0.25, 0.3) is 16.9 Å². The fourth-order valence-corrected chi connectivity index (χ4v) is 4.78. The number of sulfonamides is 1. The smallest absolute Gasteiger partial charge is 0.239 e. The quantitative estimate of drug-likeness (QED) is 0.723. The topological polar surface area (TPSA) is 55.2 Å². The molecule has 2 heterocycles. The molecule has 0 atom stereocenters. The van der Waals surface area contributed by atoms with Gasteiger partial charge < -0.3 is 0 Å². The van der Waals surface area contributed by atoms with Crippen LogP contribution in [0, 0.1) is 0 Å². The third-order valence-corrected chi connectivity index (χ3v) is 6.33. The van der Waals surface area contributed by atoms with Crippen molar-refractivity contribution in [1.29, 1.82) is 0 Å². The van der Waals surface area contributed by atoms with Crippen molar-refractivity contribution in [1.82, 2.24) is 14.1 Å². The summed E-state index contributed by atoms with van der Waals surface area (Å²) in [5, 5.41) is 4.60. The van der Waals surface area contributed by atoms with Gasteiger partial charge in [-0.1, -0.05) is 48.5 Å². The molecule has 0 amide bonds. The van der Waals surface area contributed by atoms with Gasteiger partial charge >= 0.3 is 0 Å². The largest absolute Gasteiger partial charge is 0.246 e. The van der Waals surface area contributed by atoms with Crippen LogP contribution >= 0.6 is 0 Å². The second-order valence-electron chi connectivity index (χ2n) is 6.10. The van der Waals surface area contributed by atoms with Gasteiger partial charge in [-0.2, -0.15) is 9.40 Å². The lowest BCUT2D eigenvalue weighted by atomic mass is 10.2. The summed E-state index contributed by atoms with van der Waals surface area (Å²) in [7, 11) is -3.55. The first-order valence-electron chi connectivity index (χ1n) is 8.37. The van der Waals surface area contributed by atoms with Crippen LogP contribution in [-0.4, -0.2) is 35.6 Å². The molecule has 128 valence electrons. The van der Waals surface area contributed by atoms with E-state index in [0.29, 0.717) is 18.8 Å². The molecular formula is C19H19N3O2S. The van der Waals surface area contributed by atoms with E-state index in [9.17, 15) is 8.42 Å². The summed E-state index contributed by atoms with van der Waals surface area (Å²) in [6.45, 7) is 1.15. The van der Waals surface area contributed by atoms with Crippen LogP contribution in [-0.2, 0) is 10.0 Å². The van der Waals surface area contributed by atoms with Gasteiger partial charge in [0.2, 0.25) is 10.0 Å². The molecule has 0 radical (unpaired) electrons. The van der Waals surface area contributed by atoms with E-state index in [1.54, 1.807) is 15.2 Å². The normalized spacial score (nSPS) is 15.5. The molecule has 0 N–H and O–H groups in total. The maximum absolute atomic E-state index is 13.1. The molecular weight excluding hydrogens is 334 g/mol. The Labute approximate surface area is 147 Å². The van der Waals surface area contributed by atoms with Gasteiger partial charge in [-0.25, -0.2) is 13.1 Å². The van der Waals surface area contributed by atoms with E-state index < -0.39 is 10.0 Å². The highest BCUT2D eigenvalue weighted by Crippen LogP contribution is 2.30. The molecule has 3 aromatic rings. The first-order valence-corrected chi connectivity index (χ1v) is 9.81. The number of hydrogen-bond acceptors (Lipinski definition) is 3. The Hall–Kier alpha value is -2.44. The van der Waals surface area contributed by atoms with Gasteiger partial charge in [0.15, 0.2) is 0 Å². The van der Waals surface area contributed by atoms with Crippen molar-refractivity contribution in [2.45, 2.75) is 17.7 Å². The van der Waals surface area contributed by atoms with Crippen LogP contribution < -0.4 is 0 Å². The number of hydrogen-bond donors (Lipinski definition) is 0. The summed E-state index contributed by atoms with van der Waals surface area (Å²) in [4.78, 5) is 0.268. The lowest BCUT2D eigenvalue weighted by Gasteiger charge is -2.15. The standard InChI is InChI=1S/C19H19N3O2S/c23-25(24,21-13-7-8-14-21)18-15-22(17-11-5-2-6-12-17)20-19(18)16-9-3-1-4-10-16/h1-6,9-12,15H,7-8,13-14H2. The molecule has 1 aromatic heterocycles. The van der Waals surface area contributed by atoms with Gasteiger partial charge in [0.1, 0.15) is 10.6 Å². The third kappa shape index (κ3) is 2.99. The zero-order valence-corrected chi connectivity index (χ0v) is 14.6. The average molecular weight is 353 g/mol. The molecule has 1 aliphatic heterocycles. The highest BCUT2D eigenvalue weighted by Gasteiger charge is 2.32. The zero-order valence-electron chi connectivity index (χ0n) is 13.7. The van der Waals surface area contributed by atoms with E-state index in [0.717, 1.165) is 24.1 Å². The monoisotopic (exact) mass is 353 g/mol. The summed E-state index contributed by atoms with van der Waals surface area (Å²) < 4.78 is 29.5. The van der Waals surface area contributed by atoms with Crippen LogP contribution in [0.15, 0.2) is 71.8 Å². The van der Waals surface area contributed by atoms with E-state index in [2.05, 4.69) is 5.10 Å². The van der Waals surface area contributed by atoms with Crippen LogP contribution in [0.2, 0.25) is 0 Å². The number of para-hydroxylation sites is 1. The van der Waals surface area contributed by atoms with E-state index in [4.69, 9.17) is 0 Å². The molecule has 4 rings (SSSR count). The minimum absolute atomic E-state index is 0.268. The van der Waals surface area contributed by atoms with E-state index >= 15 is 0 Å². The van der Waals surface area contributed by atoms with Gasteiger partial charge in [0, 0.05) is 18.7 Å². The molecule has 25 heavy (non-hydrogen) atoms. The molecule has 6 heteroatoms. The second-order valence-corrected chi connectivity index (χ2v) is 8.01. The van der Waals surface area contributed by atoms with Crippen LogP contribution in [0.1, 0.15) is 12.8 Å². The van der Waals surface area contributed by atoms with Gasteiger partial charge in [-0.05, 0) is 25.0 Å². The average Bonchev–Trinajstić information content (AvgIpc) is 3.34. The Morgan fingerprint density at radius 2 is 1.44 bits per heavy atom. The number of nitrogens with zero attached hydrogens (tertiary/aromatic N) is 3. The predicted molar refractivity (Wildman–Crippen MR) is 97.0 cm³/mol. The summed E-state index contributed by atoms with van der Waals surface area (Å²) in [6, 6.07) is 19.0. The maximum atomic E-state index is 13.1. The summed E-state index contributed by atoms with van der Waals surface area (Å²) in [5.41, 5.74) is 2.13. The molecule has 0 unspecified atom stereocenters. The highest BCUT2D eigenvalue weighted by atomic mass is 32.2. The molecule has 0 bridgehead atoms. The molecule has 2 aromatic carbocycles. The molecule has 1 fully saturated rings. The van der Waals surface area contributed by atoms with Gasteiger partial charge in [-0.15, -0.1) is 0 Å². The Kier molecular flexibility index (Phi) is 4.15. The first-order chi connectivity index (χ1) is 12.2. The third-order valence-electron chi connectivity index (χ3n) is 4.43. The first kappa shape index (κ1) is 16.1. The lowest BCUT2D eigenvalue weighted by molar-refractivity contribution is 0.477. The van der Waals surface area contributed by atoms with Crippen LogP contribution in [0.3, 0.4) is 0 Å². The Balaban J connectivity index is 1.88. The molecule has 0 aliphatic carbocycles. The molecule has 1 aliphatic rings. The van der Waals surface area contributed by atoms with Crippen molar-refractivity contribution < 1.29 is 8.42 Å².